The molecule has 0 saturated carbocycles. The Hall–Kier alpha value is -2.80. The lowest BCUT2D eigenvalue weighted by atomic mass is 10.1. The molecule has 1 heterocycles. The summed E-state index contributed by atoms with van der Waals surface area (Å²) in [4.78, 5) is 31.2. The lowest BCUT2D eigenvalue weighted by Crippen LogP contribution is -2.17. The number of hydrogen-bond acceptors (Lipinski definition) is 4. The summed E-state index contributed by atoms with van der Waals surface area (Å²) in [5, 5.41) is 0.238. The average Bonchev–Trinajstić information content (AvgIpc) is 2.67. The molecule has 3 aromatic rings. The Bertz CT molecular complexity index is 1020. The van der Waals surface area contributed by atoms with Gasteiger partial charge in [-0.05, 0) is 19.1 Å². The maximum atomic E-state index is 13.9. The van der Waals surface area contributed by atoms with Crippen molar-refractivity contribution in [3.05, 3.63) is 92.9 Å². The fourth-order valence-corrected chi connectivity index (χ4v) is 3.28. The second-order valence-corrected chi connectivity index (χ2v) is 6.86. The summed E-state index contributed by atoms with van der Waals surface area (Å²) in [6.07, 6.45) is -0.144. The van der Waals surface area contributed by atoms with E-state index in [0.717, 1.165) is 23.9 Å². The summed E-state index contributed by atoms with van der Waals surface area (Å²) in [6.45, 7) is 1.55. The quantitative estimate of drug-likeness (QED) is 0.396. The normalized spacial score (nSPS) is 10.8. The van der Waals surface area contributed by atoms with Crippen LogP contribution in [0.25, 0.3) is 0 Å². The molecule has 0 aliphatic heterocycles. The molecule has 1 aromatic heterocycles. The van der Waals surface area contributed by atoms with Gasteiger partial charge in [0.2, 0.25) is 0 Å². The number of H-pyrrole nitrogens is 1. The van der Waals surface area contributed by atoms with Gasteiger partial charge in [0.25, 0.3) is 5.56 Å². The van der Waals surface area contributed by atoms with Crippen molar-refractivity contribution < 1.29 is 13.6 Å². The summed E-state index contributed by atoms with van der Waals surface area (Å²) in [5.74, 6) is -1.40. The van der Waals surface area contributed by atoms with Crippen LogP contribution in [0.4, 0.5) is 8.78 Å². The number of ketones is 1. The summed E-state index contributed by atoms with van der Waals surface area (Å²) in [7, 11) is 0. The van der Waals surface area contributed by atoms with Gasteiger partial charge >= 0.3 is 0 Å². The predicted molar refractivity (Wildman–Crippen MR) is 100 cm³/mol. The number of rotatable bonds is 6. The highest BCUT2D eigenvalue weighted by Gasteiger charge is 2.15. The lowest BCUT2D eigenvalue weighted by Gasteiger charge is -2.09. The zero-order chi connectivity index (χ0) is 19.4. The molecule has 0 fully saturated rings. The molecular formula is C20H16F2N2O2S. The van der Waals surface area contributed by atoms with E-state index in [2.05, 4.69) is 9.97 Å². The number of hydrogen-bond donors (Lipinski definition) is 1. The van der Waals surface area contributed by atoms with Gasteiger partial charge < -0.3 is 4.98 Å². The van der Waals surface area contributed by atoms with Crippen LogP contribution in [-0.4, -0.2) is 21.5 Å². The van der Waals surface area contributed by atoms with Crippen molar-refractivity contribution in [2.24, 2.45) is 0 Å². The Labute approximate surface area is 158 Å². The Morgan fingerprint density at radius 2 is 1.74 bits per heavy atom. The maximum Gasteiger partial charge on any atom is 0.254 e. The molecule has 0 bridgehead atoms. The highest BCUT2D eigenvalue weighted by Crippen LogP contribution is 2.19. The SMILES string of the molecule is Cc1c(Cc2c(F)cccc2F)nc(SCC(=O)c2ccccc2)[nH]c1=O. The Balaban J connectivity index is 1.82. The largest absolute Gasteiger partial charge is 0.301 e. The van der Waals surface area contributed by atoms with Gasteiger partial charge in [-0.15, -0.1) is 0 Å². The van der Waals surface area contributed by atoms with Crippen LogP contribution in [0.2, 0.25) is 0 Å². The van der Waals surface area contributed by atoms with Gasteiger partial charge in [0.1, 0.15) is 11.6 Å². The first-order valence-electron chi connectivity index (χ1n) is 8.19. The van der Waals surface area contributed by atoms with Crippen molar-refractivity contribution in [3.63, 3.8) is 0 Å². The molecule has 0 atom stereocenters. The van der Waals surface area contributed by atoms with E-state index in [9.17, 15) is 18.4 Å². The molecule has 0 aliphatic rings. The van der Waals surface area contributed by atoms with E-state index in [0.29, 0.717) is 5.56 Å². The van der Waals surface area contributed by atoms with Crippen LogP contribution in [0.1, 0.15) is 27.2 Å². The van der Waals surface area contributed by atoms with Crippen molar-refractivity contribution in [2.75, 3.05) is 5.75 Å². The molecule has 4 nitrogen and oxygen atoms in total. The molecule has 0 aliphatic carbocycles. The monoisotopic (exact) mass is 386 g/mol. The van der Waals surface area contributed by atoms with Gasteiger partial charge in [-0.25, -0.2) is 13.8 Å². The number of thioether (sulfide) groups is 1. The highest BCUT2D eigenvalue weighted by molar-refractivity contribution is 7.99. The number of Topliss-reactive ketones (excluding diaryl/α,β-unsaturated/α-hetero) is 1. The molecule has 1 N–H and O–H groups in total. The standard InChI is InChI=1S/C20H16F2N2O2S/c1-12-17(10-14-15(21)8-5-9-16(14)22)23-20(24-19(12)26)27-11-18(25)13-6-3-2-4-7-13/h2-9H,10-11H2,1H3,(H,23,24,26). The Morgan fingerprint density at radius 1 is 1.07 bits per heavy atom. The molecule has 7 heteroatoms. The number of benzene rings is 2. The predicted octanol–water partition coefficient (Wildman–Crippen LogP) is 3.92. The molecule has 0 unspecified atom stereocenters. The van der Waals surface area contributed by atoms with Crippen molar-refractivity contribution in [3.8, 4) is 0 Å². The third-order valence-corrected chi connectivity index (χ3v) is 4.95. The van der Waals surface area contributed by atoms with Crippen molar-refractivity contribution >= 4 is 17.5 Å². The first kappa shape index (κ1) is 19.0. The molecule has 27 heavy (non-hydrogen) atoms. The summed E-state index contributed by atoms with van der Waals surface area (Å²) < 4.78 is 27.8. The van der Waals surface area contributed by atoms with E-state index in [1.165, 1.54) is 6.07 Å². The fourth-order valence-electron chi connectivity index (χ4n) is 2.51. The molecule has 3 rings (SSSR count). The van der Waals surface area contributed by atoms with E-state index in [-0.39, 0.29) is 39.9 Å². The number of carbonyl (C=O) groups is 1. The van der Waals surface area contributed by atoms with Crippen molar-refractivity contribution in [1.82, 2.24) is 9.97 Å². The number of carbonyl (C=O) groups excluding carboxylic acids is 1. The van der Waals surface area contributed by atoms with Gasteiger partial charge in [-0.2, -0.15) is 0 Å². The number of halogens is 2. The third-order valence-electron chi connectivity index (χ3n) is 4.07. The van der Waals surface area contributed by atoms with Gasteiger partial charge in [0.15, 0.2) is 10.9 Å². The van der Waals surface area contributed by atoms with Crippen LogP contribution in [0.3, 0.4) is 0 Å². The lowest BCUT2D eigenvalue weighted by molar-refractivity contribution is 0.102. The highest BCUT2D eigenvalue weighted by atomic mass is 32.2. The van der Waals surface area contributed by atoms with Crippen LogP contribution in [0, 0.1) is 18.6 Å². The first-order chi connectivity index (χ1) is 13.0. The fraction of sp³-hybridized carbons (Fsp3) is 0.150. The molecule has 0 amide bonds. The molecule has 0 spiro atoms. The number of aromatic nitrogens is 2. The minimum Gasteiger partial charge on any atom is -0.301 e. The Kier molecular flexibility index (Phi) is 5.81. The smallest absolute Gasteiger partial charge is 0.254 e. The van der Waals surface area contributed by atoms with Crippen LogP contribution >= 0.6 is 11.8 Å². The number of nitrogens with zero attached hydrogens (tertiary/aromatic N) is 1. The topological polar surface area (TPSA) is 62.8 Å². The second kappa shape index (κ2) is 8.26. The maximum absolute atomic E-state index is 13.9. The second-order valence-electron chi connectivity index (χ2n) is 5.90. The Morgan fingerprint density at radius 3 is 2.41 bits per heavy atom. The summed E-state index contributed by atoms with van der Waals surface area (Å²) in [5.41, 5.74) is 0.586. The summed E-state index contributed by atoms with van der Waals surface area (Å²) >= 11 is 1.08. The minimum absolute atomic E-state index is 0.0868. The third kappa shape index (κ3) is 4.49. The van der Waals surface area contributed by atoms with Crippen molar-refractivity contribution in [1.29, 1.82) is 0 Å². The van der Waals surface area contributed by atoms with Crippen LogP contribution in [-0.2, 0) is 6.42 Å². The molecule has 138 valence electrons. The minimum atomic E-state index is -0.690. The van der Waals surface area contributed by atoms with E-state index in [1.54, 1.807) is 31.2 Å². The first-order valence-corrected chi connectivity index (χ1v) is 9.18. The molecule has 2 aromatic carbocycles. The van der Waals surface area contributed by atoms with Gasteiger partial charge in [-0.1, -0.05) is 48.2 Å². The average molecular weight is 386 g/mol. The van der Waals surface area contributed by atoms with Gasteiger partial charge in [-0.3, -0.25) is 9.59 Å². The zero-order valence-corrected chi connectivity index (χ0v) is 15.3. The van der Waals surface area contributed by atoms with E-state index < -0.39 is 17.2 Å². The molecule has 0 saturated heterocycles. The molecule has 0 radical (unpaired) electrons. The zero-order valence-electron chi connectivity index (χ0n) is 14.5. The summed E-state index contributed by atoms with van der Waals surface area (Å²) in [6, 6.07) is 12.4. The van der Waals surface area contributed by atoms with Gasteiger partial charge in [0.05, 0.1) is 11.4 Å². The van der Waals surface area contributed by atoms with E-state index in [4.69, 9.17) is 0 Å². The number of nitrogens with one attached hydrogen (secondary N) is 1. The van der Waals surface area contributed by atoms with E-state index >= 15 is 0 Å². The van der Waals surface area contributed by atoms with Crippen LogP contribution in [0.5, 0.6) is 0 Å². The molecular weight excluding hydrogens is 370 g/mol. The van der Waals surface area contributed by atoms with E-state index in [1.807, 2.05) is 6.07 Å². The van der Waals surface area contributed by atoms with Crippen LogP contribution < -0.4 is 5.56 Å². The van der Waals surface area contributed by atoms with Gasteiger partial charge in [0, 0.05) is 23.1 Å². The number of aromatic amines is 1. The van der Waals surface area contributed by atoms with Crippen LogP contribution in [0.15, 0.2) is 58.5 Å². The van der Waals surface area contributed by atoms with Crippen molar-refractivity contribution in [2.45, 2.75) is 18.5 Å².